The molecule has 0 unspecified atom stereocenters. The van der Waals surface area contributed by atoms with Crippen molar-refractivity contribution in [3.63, 3.8) is 0 Å². The van der Waals surface area contributed by atoms with E-state index in [9.17, 15) is 18.0 Å². The van der Waals surface area contributed by atoms with Gasteiger partial charge in [0.25, 0.3) is 5.91 Å². The topological polar surface area (TPSA) is 102 Å². The van der Waals surface area contributed by atoms with E-state index in [2.05, 4.69) is 10.3 Å². The number of nitrogens with one attached hydrogen (secondary N) is 1. The van der Waals surface area contributed by atoms with E-state index in [1.807, 2.05) is 6.07 Å². The van der Waals surface area contributed by atoms with Crippen LogP contribution < -0.4 is 5.32 Å². The summed E-state index contributed by atoms with van der Waals surface area (Å²) in [6, 6.07) is 8.39. The minimum Gasteiger partial charge on any atom is -0.449 e. The zero-order valence-electron chi connectivity index (χ0n) is 14.6. The minimum absolute atomic E-state index is 0.0639. The Bertz CT molecular complexity index is 971. The minimum atomic E-state index is -3.09. The van der Waals surface area contributed by atoms with E-state index in [1.165, 1.54) is 6.92 Å². The van der Waals surface area contributed by atoms with Crippen LogP contribution in [0.3, 0.4) is 0 Å². The van der Waals surface area contributed by atoms with E-state index >= 15 is 0 Å². The standard InChI is InChI=1S/C18H20N2O5S/c1-11-9-15(14-5-3-4-6-16(14)19-11)18(22)25-12(2)17(21)20-13-7-8-26(23,24)10-13/h3-6,9,12-13H,7-8,10H2,1-2H3,(H,20,21)/t12-,13-/m0/s1. The normalized spacial score (nSPS) is 19.8. The van der Waals surface area contributed by atoms with Crippen molar-refractivity contribution in [2.45, 2.75) is 32.4 Å². The van der Waals surface area contributed by atoms with Gasteiger partial charge >= 0.3 is 5.97 Å². The second kappa shape index (κ2) is 7.03. The van der Waals surface area contributed by atoms with E-state index in [-0.39, 0.29) is 11.5 Å². The molecular weight excluding hydrogens is 356 g/mol. The SMILES string of the molecule is Cc1cc(C(=O)O[C@@H](C)C(=O)N[C@H]2CCS(=O)(=O)C2)c2ccccc2n1. The number of nitrogens with zero attached hydrogens (tertiary/aromatic N) is 1. The van der Waals surface area contributed by atoms with Crippen molar-refractivity contribution in [1.29, 1.82) is 0 Å². The number of rotatable bonds is 4. The molecule has 1 fully saturated rings. The van der Waals surface area contributed by atoms with Crippen molar-refractivity contribution in [2.75, 3.05) is 11.5 Å². The molecule has 1 aromatic carbocycles. The molecular formula is C18H20N2O5S. The predicted molar refractivity (Wildman–Crippen MR) is 96.6 cm³/mol. The fourth-order valence-electron chi connectivity index (χ4n) is 2.98. The zero-order valence-corrected chi connectivity index (χ0v) is 15.4. The van der Waals surface area contributed by atoms with Crippen LogP contribution >= 0.6 is 0 Å². The molecule has 1 N–H and O–H groups in total. The first-order valence-corrected chi connectivity index (χ1v) is 10.2. The van der Waals surface area contributed by atoms with Crippen molar-refractivity contribution in [1.82, 2.24) is 10.3 Å². The van der Waals surface area contributed by atoms with Gasteiger partial charge in [-0.1, -0.05) is 18.2 Å². The molecule has 0 radical (unpaired) electrons. The maximum atomic E-state index is 12.5. The van der Waals surface area contributed by atoms with Gasteiger partial charge in [-0.25, -0.2) is 13.2 Å². The van der Waals surface area contributed by atoms with E-state index < -0.39 is 33.9 Å². The van der Waals surface area contributed by atoms with E-state index in [0.29, 0.717) is 28.6 Å². The molecule has 0 spiro atoms. The average molecular weight is 376 g/mol. The van der Waals surface area contributed by atoms with Crippen LogP contribution in [0, 0.1) is 6.92 Å². The number of amides is 1. The predicted octanol–water partition coefficient (Wildman–Crippen LogP) is 1.39. The first-order valence-electron chi connectivity index (χ1n) is 8.33. The van der Waals surface area contributed by atoms with Crippen molar-refractivity contribution in [3.05, 3.63) is 41.6 Å². The van der Waals surface area contributed by atoms with Crippen LogP contribution in [0.2, 0.25) is 0 Å². The zero-order chi connectivity index (χ0) is 18.9. The number of carbonyl (C=O) groups excluding carboxylic acids is 2. The molecule has 1 amide bonds. The van der Waals surface area contributed by atoms with Gasteiger partial charge in [0.1, 0.15) is 0 Å². The molecule has 1 saturated heterocycles. The Balaban J connectivity index is 1.71. The van der Waals surface area contributed by atoms with Crippen molar-refractivity contribution >= 4 is 32.6 Å². The Kier molecular flexibility index (Phi) is 4.95. The van der Waals surface area contributed by atoms with Gasteiger partial charge in [-0.15, -0.1) is 0 Å². The third-order valence-corrected chi connectivity index (χ3v) is 6.06. The highest BCUT2D eigenvalue weighted by atomic mass is 32.2. The molecule has 8 heteroatoms. The Hall–Kier alpha value is -2.48. The highest BCUT2D eigenvalue weighted by Crippen LogP contribution is 2.20. The number of benzene rings is 1. The number of esters is 1. The van der Waals surface area contributed by atoms with E-state index in [4.69, 9.17) is 4.74 Å². The summed E-state index contributed by atoms with van der Waals surface area (Å²) in [4.78, 5) is 29.1. The van der Waals surface area contributed by atoms with Crippen LogP contribution in [-0.2, 0) is 19.4 Å². The van der Waals surface area contributed by atoms with Crippen LogP contribution in [0.25, 0.3) is 10.9 Å². The first kappa shape index (κ1) is 18.3. The number of aryl methyl sites for hydroxylation is 1. The fraction of sp³-hybridized carbons (Fsp3) is 0.389. The molecule has 0 aliphatic carbocycles. The number of hydrogen-bond acceptors (Lipinski definition) is 6. The molecule has 26 heavy (non-hydrogen) atoms. The Morgan fingerprint density at radius 3 is 2.73 bits per heavy atom. The van der Waals surface area contributed by atoms with Gasteiger partial charge in [0.2, 0.25) is 0 Å². The lowest BCUT2D eigenvalue weighted by Crippen LogP contribution is -2.42. The summed E-state index contributed by atoms with van der Waals surface area (Å²) in [5.74, 6) is -1.13. The van der Waals surface area contributed by atoms with Gasteiger partial charge in [-0.3, -0.25) is 9.78 Å². The average Bonchev–Trinajstić information content (AvgIpc) is 2.92. The lowest BCUT2D eigenvalue weighted by molar-refractivity contribution is -0.129. The summed E-state index contributed by atoms with van der Waals surface area (Å²) in [6.45, 7) is 3.24. The summed E-state index contributed by atoms with van der Waals surface area (Å²) in [6.07, 6.45) is -0.652. The number of fused-ring (bicyclic) bond motifs is 1. The molecule has 0 bridgehead atoms. The first-order chi connectivity index (χ1) is 12.2. The third-order valence-electron chi connectivity index (χ3n) is 4.30. The number of para-hydroxylation sites is 1. The van der Waals surface area contributed by atoms with Crippen molar-refractivity contribution in [2.24, 2.45) is 0 Å². The fourth-order valence-corrected chi connectivity index (χ4v) is 4.65. The summed E-state index contributed by atoms with van der Waals surface area (Å²) in [5, 5.41) is 3.28. The Morgan fingerprint density at radius 1 is 1.31 bits per heavy atom. The van der Waals surface area contributed by atoms with Gasteiger partial charge in [-0.2, -0.15) is 0 Å². The highest BCUT2D eigenvalue weighted by Gasteiger charge is 2.31. The number of ether oxygens (including phenoxy) is 1. The molecule has 7 nitrogen and oxygen atoms in total. The van der Waals surface area contributed by atoms with E-state index in [1.54, 1.807) is 31.2 Å². The van der Waals surface area contributed by atoms with Gasteiger partial charge in [-0.05, 0) is 32.4 Å². The quantitative estimate of drug-likeness (QED) is 0.809. The summed E-state index contributed by atoms with van der Waals surface area (Å²) >= 11 is 0. The number of hydrogen-bond donors (Lipinski definition) is 1. The summed E-state index contributed by atoms with van der Waals surface area (Å²) < 4.78 is 28.2. The van der Waals surface area contributed by atoms with Crippen LogP contribution in [0.5, 0.6) is 0 Å². The maximum Gasteiger partial charge on any atom is 0.339 e. The molecule has 2 heterocycles. The van der Waals surface area contributed by atoms with Crippen LogP contribution in [-0.4, -0.2) is 48.9 Å². The smallest absolute Gasteiger partial charge is 0.339 e. The van der Waals surface area contributed by atoms with Crippen LogP contribution in [0.4, 0.5) is 0 Å². The Labute approximate surface area is 151 Å². The number of sulfone groups is 1. The number of carbonyl (C=O) groups is 2. The van der Waals surface area contributed by atoms with Gasteiger partial charge in [0.05, 0.1) is 22.6 Å². The second-order valence-electron chi connectivity index (χ2n) is 6.48. The van der Waals surface area contributed by atoms with Gasteiger partial charge in [0.15, 0.2) is 15.9 Å². The molecule has 3 rings (SSSR count). The second-order valence-corrected chi connectivity index (χ2v) is 8.71. The lowest BCUT2D eigenvalue weighted by Gasteiger charge is -2.17. The molecule has 1 aliphatic rings. The van der Waals surface area contributed by atoms with Gasteiger partial charge in [0, 0.05) is 17.1 Å². The van der Waals surface area contributed by atoms with Crippen LogP contribution in [0.15, 0.2) is 30.3 Å². The number of pyridine rings is 1. The maximum absolute atomic E-state index is 12.5. The Morgan fingerprint density at radius 2 is 2.04 bits per heavy atom. The summed E-state index contributed by atoms with van der Waals surface area (Å²) in [7, 11) is -3.09. The molecule has 2 aromatic rings. The molecule has 1 aliphatic heterocycles. The monoisotopic (exact) mass is 376 g/mol. The summed E-state index contributed by atoms with van der Waals surface area (Å²) in [5.41, 5.74) is 1.69. The molecule has 1 aromatic heterocycles. The third kappa shape index (κ3) is 4.01. The van der Waals surface area contributed by atoms with Gasteiger partial charge < -0.3 is 10.1 Å². The number of aromatic nitrogens is 1. The van der Waals surface area contributed by atoms with Crippen molar-refractivity contribution < 1.29 is 22.7 Å². The van der Waals surface area contributed by atoms with Crippen LogP contribution in [0.1, 0.15) is 29.4 Å². The van der Waals surface area contributed by atoms with E-state index in [0.717, 1.165) is 0 Å². The highest BCUT2D eigenvalue weighted by molar-refractivity contribution is 7.91. The molecule has 2 atom stereocenters. The molecule has 138 valence electrons. The molecule has 0 saturated carbocycles. The largest absolute Gasteiger partial charge is 0.449 e. The lowest BCUT2D eigenvalue weighted by atomic mass is 10.1. The van der Waals surface area contributed by atoms with Crippen molar-refractivity contribution in [3.8, 4) is 0 Å².